The van der Waals surface area contributed by atoms with Crippen molar-refractivity contribution in [1.29, 1.82) is 0 Å². The lowest BCUT2D eigenvalue weighted by Crippen LogP contribution is -2.25. The van der Waals surface area contributed by atoms with Gasteiger partial charge in [-0.25, -0.2) is 0 Å². The van der Waals surface area contributed by atoms with Gasteiger partial charge in [-0.3, -0.25) is 9.59 Å². The molecule has 1 aromatic heterocycles. The van der Waals surface area contributed by atoms with E-state index in [2.05, 4.69) is 5.32 Å². The maximum absolute atomic E-state index is 13.0. The quantitative estimate of drug-likeness (QED) is 0.563. The van der Waals surface area contributed by atoms with Gasteiger partial charge in [0.15, 0.2) is 5.78 Å². The molecule has 0 unspecified atom stereocenters. The fourth-order valence-corrected chi connectivity index (χ4v) is 3.69. The Morgan fingerprint density at radius 3 is 2.50 bits per heavy atom. The summed E-state index contributed by atoms with van der Waals surface area (Å²) in [6.45, 7) is 1.25. The summed E-state index contributed by atoms with van der Waals surface area (Å²) < 4.78 is 6.71. The molecule has 0 radical (unpaired) electrons. The first-order valence-electron chi connectivity index (χ1n) is 8.67. The van der Waals surface area contributed by atoms with Crippen LogP contribution in [0.2, 0.25) is 0 Å². The van der Waals surface area contributed by atoms with Crippen molar-refractivity contribution in [2.75, 3.05) is 25.6 Å². The molecule has 0 bridgehead atoms. The molecule has 1 N–H and O–H groups in total. The van der Waals surface area contributed by atoms with E-state index < -0.39 is 0 Å². The van der Waals surface area contributed by atoms with Crippen LogP contribution in [-0.4, -0.2) is 30.6 Å². The molecule has 0 spiro atoms. The lowest BCUT2D eigenvalue weighted by Gasteiger charge is -2.24. The molecular weight excluding hydrogens is 328 g/mol. The van der Waals surface area contributed by atoms with E-state index in [0.717, 1.165) is 28.5 Å². The molecule has 132 valence electrons. The second kappa shape index (κ2) is 6.42. The number of hydrogen-bond acceptors (Lipinski definition) is 4. The number of methoxy groups -OCH3 is 1. The number of nitrogens with zero attached hydrogens (tertiary/aromatic N) is 1. The molecular formula is C21H20N2O3. The van der Waals surface area contributed by atoms with E-state index in [-0.39, 0.29) is 11.3 Å². The van der Waals surface area contributed by atoms with Gasteiger partial charge in [-0.15, -0.1) is 0 Å². The molecule has 1 aliphatic rings. The minimum atomic E-state index is -0.0915. The minimum absolute atomic E-state index is 0.00248. The zero-order chi connectivity index (χ0) is 18.3. The number of rotatable bonds is 5. The Hall–Kier alpha value is -2.92. The molecule has 2 aromatic carbocycles. The van der Waals surface area contributed by atoms with Crippen molar-refractivity contribution in [2.24, 2.45) is 7.05 Å². The summed E-state index contributed by atoms with van der Waals surface area (Å²) in [6, 6.07) is 13.1. The van der Waals surface area contributed by atoms with Crippen LogP contribution in [0.3, 0.4) is 0 Å². The molecule has 1 heterocycles. The first-order chi connectivity index (χ1) is 12.6. The third kappa shape index (κ3) is 2.35. The number of carbonyl (C=O) groups excluding carboxylic acids is 1. The molecule has 5 heteroatoms. The summed E-state index contributed by atoms with van der Waals surface area (Å²) in [5.74, 6) is 0.00248. The van der Waals surface area contributed by atoms with Crippen molar-refractivity contribution in [3.05, 3.63) is 63.9 Å². The summed E-state index contributed by atoms with van der Waals surface area (Å²) in [7, 11) is 3.41. The normalized spacial score (nSPS) is 12.3. The van der Waals surface area contributed by atoms with Gasteiger partial charge in [0, 0.05) is 49.4 Å². The monoisotopic (exact) mass is 348 g/mol. The van der Waals surface area contributed by atoms with Gasteiger partial charge >= 0.3 is 0 Å². The summed E-state index contributed by atoms with van der Waals surface area (Å²) in [5, 5.41) is 4.13. The zero-order valence-electron chi connectivity index (χ0n) is 14.8. The number of ketones is 1. The molecule has 0 atom stereocenters. The van der Waals surface area contributed by atoms with Gasteiger partial charge in [0.2, 0.25) is 0 Å². The number of ether oxygens (including phenoxy) is 1. The van der Waals surface area contributed by atoms with Crippen molar-refractivity contribution in [3.8, 4) is 11.1 Å². The Bertz CT molecular complexity index is 1080. The van der Waals surface area contributed by atoms with E-state index in [4.69, 9.17) is 4.74 Å². The van der Waals surface area contributed by atoms with Gasteiger partial charge in [-0.2, -0.15) is 0 Å². The summed E-state index contributed by atoms with van der Waals surface area (Å²) >= 11 is 0. The molecule has 1 aliphatic carbocycles. The number of benzene rings is 2. The van der Waals surface area contributed by atoms with E-state index in [9.17, 15) is 9.59 Å². The fourth-order valence-electron chi connectivity index (χ4n) is 3.69. The standard InChI is InChI=1S/C21H20N2O3/c1-23-16-10-5-9-15-17(16)18(13-7-3-4-8-14(13)20(15)24)19(21(23)25)22-11-6-12-26-2/h3-5,7-10,22H,6,11-12H2,1-2H3. The number of nitrogens with one attached hydrogen (secondary N) is 1. The van der Waals surface area contributed by atoms with Crippen LogP contribution in [0.1, 0.15) is 22.3 Å². The van der Waals surface area contributed by atoms with E-state index in [1.165, 1.54) is 0 Å². The number of aromatic nitrogens is 1. The summed E-state index contributed by atoms with van der Waals surface area (Å²) in [6.07, 6.45) is 0.791. The number of hydrogen-bond donors (Lipinski definition) is 1. The molecule has 5 nitrogen and oxygen atoms in total. The lowest BCUT2D eigenvalue weighted by molar-refractivity contribution is 0.104. The number of aryl methyl sites for hydroxylation is 1. The van der Waals surface area contributed by atoms with Gasteiger partial charge in [0.05, 0.1) is 5.52 Å². The average molecular weight is 348 g/mol. The van der Waals surface area contributed by atoms with Crippen LogP contribution in [-0.2, 0) is 11.8 Å². The number of pyridine rings is 1. The Morgan fingerprint density at radius 1 is 1.00 bits per heavy atom. The maximum Gasteiger partial charge on any atom is 0.274 e. The number of carbonyl (C=O) groups is 1. The predicted molar refractivity (Wildman–Crippen MR) is 103 cm³/mol. The second-order valence-corrected chi connectivity index (χ2v) is 6.46. The fraction of sp³-hybridized carbons (Fsp3) is 0.238. The van der Waals surface area contributed by atoms with Gasteiger partial charge in [0.25, 0.3) is 5.56 Å². The molecule has 4 rings (SSSR count). The zero-order valence-corrected chi connectivity index (χ0v) is 14.8. The van der Waals surface area contributed by atoms with E-state index in [1.54, 1.807) is 18.7 Å². The van der Waals surface area contributed by atoms with Crippen molar-refractivity contribution in [1.82, 2.24) is 4.57 Å². The first-order valence-corrected chi connectivity index (χ1v) is 8.67. The van der Waals surface area contributed by atoms with E-state index in [0.29, 0.717) is 30.0 Å². The van der Waals surface area contributed by atoms with E-state index >= 15 is 0 Å². The molecule has 26 heavy (non-hydrogen) atoms. The smallest absolute Gasteiger partial charge is 0.274 e. The third-order valence-electron chi connectivity index (χ3n) is 4.93. The summed E-state index contributed by atoms with van der Waals surface area (Å²) in [4.78, 5) is 26.0. The van der Waals surface area contributed by atoms with Crippen molar-refractivity contribution < 1.29 is 9.53 Å². The Kier molecular flexibility index (Phi) is 4.09. The van der Waals surface area contributed by atoms with Crippen molar-refractivity contribution >= 4 is 22.4 Å². The van der Waals surface area contributed by atoms with Crippen LogP contribution in [0.25, 0.3) is 22.0 Å². The third-order valence-corrected chi connectivity index (χ3v) is 4.93. The van der Waals surface area contributed by atoms with Crippen LogP contribution in [0.5, 0.6) is 0 Å². The first kappa shape index (κ1) is 16.5. The van der Waals surface area contributed by atoms with Crippen LogP contribution in [0.15, 0.2) is 47.3 Å². The molecule has 0 amide bonds. The molecule has 3 aromatic rings. The largest absolute Gasteiger partial charge is 0.385 e. The SMILES string of the molecule is COCCCNc1c2c3c(cccc3n(C)c1=O)C(=O)c1ccccc1-2. The topological polar surface area (TPSA) is 60.3 Å². The highest BCUT2D eigenvalue weighted by molar-refractivity contribution is 6.26. The van der Waals surface area contributed by atoms with Crippen LogP contribution < -0.4 is 10.9 Å². The van der Waals surface area contributed by atoms with Crippen LogP contribution in [0, 0.1) is 0 Å². The summed E-state index contributed by atoms with van der Waals surface area (Å²) in [5.41, 5.74) is 4.15. The predicted octanol–water partition coefficient (Wildman–Crippen LogP) is 3.20. The van der Waals surface area contributed by atoms with Crippen LogP contribution in [0.4, 0.5) is 5.69 Å². The average Bonchev–Trinajstić information content (AvgIpc) is 2.67. The highest BCUT2D eigenvalue weighted by atomic mass is 16.5. The van der Waals surface area contributed by atoms with Crippen molar-refractivity contribution in [3.63, 3.8) is 0 Å². The minimum Gasteiger partial charge on any atom is -0.385 e. The maximum atomic E-state index is 13.0. The van der Waals surface area contributed by atoms with Gasteiger partial charge in [-0.1, -0.05) is 36.4 Å². The Labute approximate surface area is 151 Å². The number of anilines is 1. The van der Waals surface area contributed by atoms with E-state index in [1.807, 2.05) is 42.5 Å². The lowest BCUT2D eigenvalue weighted by atomic mass is 9.83. The Morgan fingerprint density at radius 2 is 1.73 bits per heavy atom. The van der Waals surface area contributed by atoms with Gasteiger partial charge in [-0.05, 0) is 18.1 Å². The van der Waals surface area contributed by atoms with Crippen LogP contribution >= 0.6 is 0 Å². The van der Waals surface area contributed by atoms with Crippen molar-refractivity contribution in [2.45, 2.75) is 6.42 Å². The second-order valence-electron chi connectivity index (χ2n) is 6.46. The molecule has 0 saturated heterocycles. The highest BCUT2D eigenvalue weighted by Crippen LogP contribution is 2.41. The highest BCUT2D eigenvalue weighted by Gasteiger charge is 2.29. The molecule has 0 saturated carbocycles. The van der Waals surface area contributed by atoms with Gasteiger partial charge < -0.3 is 14.6 Å². The Balaban J connectivity index is 2.04. The molecule has 0 fully saturated rings. The number of fused-ring (bicyclic) bond motifs is 2. The van der Waals surface area contributed by atoms with Gasteiger partial charge in [0.1, 0.15) is 5.69 Å². The molecule has 0 aliphatic heterocycles.